The molecule has 2 fully saturated rings. The Morgan fingerprint density at radius 2 is 1.86 bits per heavy atom. The molecule has 2 N–H and O–H groups in total. The van der Waals surface area contributed by atoms with E-state index in [1.165, 1.54) is 18.2 Å². The van der Waals surface area contributed by atoms with Crippen molar-refractivity contribution in [1.82, 2.24) is 4.72 Å². The summed E-state index contributed by atoms with van der Waals surface area (Å²) in [7, 11) is -3.53. The van der Waals surface area contributed by atoms with Crippen LogP contribution >= 0.6 is 0 Å². The summed E-state index contributed by atoms with van der Waals surface area (Å²) in [5, 5.41) is 8.58. The predicted octanol–water partition coefficient (Wildman–Crippen LogP) is 2.40. The number of carbonyl (C=O) groups is 1. The summed E-state index contributed by atoms with van der Waals surface area (Å²) in [6.07, 6.45) is 7.49. The van der Waals surface area contributed by atoms with Crippen molar-refractivity contribution in [2.24, 2.45) is 5.92 Å². The molecule has 2 bridgehead atoms. The fraction of sp³-hybridized carbons (Fsp3) is 0.438. The van der Waals surface area contributed by atoms with Gasteiger partial charge < -0.3 is 5.11 Å². The van der Waals surface area contributed by atoms with Crippen LogP contribution in [0.1, 0.15) is 37.7 Å². The van der Waals surface area contributed by atoms with E-state index in [-0.39, 0.29) is 10.4 Å². The van der Waals surface area contributed by atoms with E-state index in [0.29, 0.717) is 11.5 Å². The average Bonchev–Trinajstić information content (AvgIpc) is 3.04. The number of fused-ring (bicyclic) bond motifs is 2. The van der Waals surface area contributed by atoms with Crippen LogP contribution in [-0.4, -0.2) is 25.0 Å². The molecule has 0 saturated heterocycles. The van der Waals surface area contributed by atoms with Crippen LogP contribution in [0, 0.1) is 5.92 Å². The third-order valence-electron chi connectivity index (χ3n) is 4.70. The standard InChI is InChI=1S/C16H19NO4S/c18-15(19)6-3-12-1-4-14(5-2-12)22(20,21)17-16-9-7-13(11-16)8-10-16/h1-6,13,17H,7-11H2,(H,18,19). The lowest BCUT2D eigenvalue weighted by molar-refractivity contribution is -0.131. The highest BCUT2D eigenvalue weighted by Gasteiger charge is 2.47. The monoisotopic (exact) mass is 321 g/mol. The Morgan fingerprint density at radius 3 is 2.36 bits per heavy atom. The Hall–Kier alpha value is -1.66. The number of sulfonamides is 1. The van der Waals surface area contributed by atoms with E-state index < -0.39 is 16.0 Å². The lowest BCUT2D eigenvalue weighted by Gasteiger charge is -2.27. The van der Waals surface area contributed by atoms with Gasteiger partial charge in [0, 0.05) is 11.6 Å². The molecule has 0 amide bonds. The Bertz CT molecular complexity index is 698. The first-order valence-corrected chi connectivity index (χ1v) is 8.92. The Labute approximate surface area is 130 Å². The topological polar surface area (TPSA) is 83.5 Å². The van der Waals surface area contributed by atoms with Crippen LogP contribution in [0.2, 0.25) is 0 Å². The van der Waals surface area contributed by atoms with Gasteiger partial charge in [0.25, 0.3) is 0 Å². The van der Waals surface area contributed by atoms with Crippen LogP contribution in [-0.2, 0) is 14.8 Å². The Morgan fingerprint density at radius 1 is 1.23 bits per heavy atom. The van der Waals surface area contributed by atoms with E-state index >= 15 is 0 Å². The van der Waals surface area contributed by atoms with E-state index in [0.717, 1.165) is 38.2 Å². The van der Waals surface area contributed by atoms with Gasteiger partial charge in [0.15, 0.2) is 0 Å². The van der Waals surface area contributed by atoms with E-state index in [4.69, 9.17) is 5.11 Å². The SMILES string of the molecule is O=C(O)C=Cc1ccc(S(=O)(=O)NC23CCC(CC2)C3)cc1. The van der Waals surface area contributed by atoms with Gasteiger partial charge in [-0.3, -0.25) is 0 Å². The molecule has 3 rings (SSSR count). The van der Waals surface area contributed by atoms with E-state index in [2.05, 4.69) is 4.72 Å². The van der Waals surface area contributed by atoms with Gasteiger partial charge in [0.05, 0.1) is 4.90 Å². The third-order valence-corrected chi connectivity index (χ3v) is 6.30. The Kier molecular flexibility index (Phi) is 3.82. The predicted molar refractivity (Wildman–Crippen MR) is 82.7 cm³/mol. The normalized spacial score (nSPS) is 27.5. The molecule has 2 saturated carbocycles. The first-order valence-electron chi connectivity index (χ1n) is 7.44. The zero-order valence-electron chi connectivity index (χ0n) is 12.2. The number of rotatable bonds is 5. The third kappa shape index (κ3) is 3.08. The van der Waals surface area contributed by atoms with Crippen molar-refractivity contribution >= 4 is 22.1 Å². The second-order valence-corrected chi connectivity index (χ2v) is 7.96. The van der Waals surface area contributed by atoms with E-state index in [9.17, 15) is 13.2 Å². The summed E-state index contributed by atoms with van der Waals surface area (Å²) >= 11 is 0. The molecule has 2 aliphatic rings. The second-order valence-electron chi connectivity index (χ2n) is 6.27. The highest BCUT2D eigenvalue weighted by Crippen LogP contribution is 2.48. The van der Waals surface area contributed by atoms with Gasteiger partial charge in [0.2, 0.25) is 10.0 Å². The molecule has 5 nitrogen and oxygen atoms in total. The maximum atomic E-state index is 12.5. The van der Waals surface area contributed by atoms with Crippen LogP contribution < -0.4 is 4.72 Å². The van der Waals surface area contributed by atoms with Crippen LogP contribution in [0.3, 0.4) is 0 Å². The summed E-state index contributed by atoms with van der Waals surface area (Å²) in [5.74, 6) is -0.360. The van der Waals surface area contributed by atoms with E-state index in [1.54, 1.807) is 12.1 Å². The highest BCUT2D eigenvalue weighted by atomic mass is 32.2. The van der Waals surface area contributed by atoms with Crippen LogP contribution in [0.15, 0.2) is 35.2 Å². The second kappa shape index (κ2) is 5.52. The summed E-state index contributed by atoms with van der Waals surface area (Å²) in [5.41, 5.74) is 0.409. The summed E-state index contributed by atoms with van der Waals surface area (Å²) in [6, 6.07) is 6.25. The molecule has 0 aromatic heterocycles. The fourth-order valence-corrected chi connectivity index (χ4v) is 5.07. The van der Waals surface area contributed by atoms with Gasteiger partial charge in [0.1, 0.15) is 0 Å². The van der Waals surface area contributed by atoms with Crippen molar-refractivity contribution < 1.29 is 18.3 Å². The zero-order valence-corrected chi connectivity index (χ0v) is 13.0. The fourth-order valence-electron chi connectivity index (χ4n) is 3.60. The first-order chi connectivity index (χ1) is 10.4. The molecular weight excluding hydrogens is 302 g/mol. The van der Waals surface area contributed by atoms with Crippen LogP contribution in [0.25, 0.3) is 6.08 Å². The molecule has 2 aliphatic carbocycles. The van der Waals surface area contributed by atoms with Crippen molar-refractivity contribution in [1.29, 1.82) is 0 Å². The van der Waals surface area contributed by atoms with Gasteiger partial charge >= 0.3 is 5.97 Å². The molecule has 22 heavy (non-hydrogen) atoms. The highest BCUT2D eigenvalue weighted by molar-refractivity contribution is 7.89. The lowest BCUT2D eigenvalue weighted by atomic mass is 9.95. The van der Waals surface area contributed by atoms with Gasteiger partial charge in [-0.15, -0.1) is 0 Å². The Balaban J connectivity index is 1.76. The molecule has 0 atom stereocenters. The number of aliphatic carboxylic acids is 1. The minimum absolute atomic E-state index is 0.227. The number of hydrogen-bond donors (Lipinski definition) is 2. The molecule has 0 unspecified atom stereocenters. The maximum absolute atomic E-state index is 12.5. The number of benzene rings is 1. The summed E-state index contributed by atoms with van der Waals surface area (Å²) < 4.78 is 28.0. The van der Waals surface area contributed by atoms with Crippen molar-refractivity contribution in [2.75, 3.05) is 0 Å². The smallest absolute Gasteiger partial charge is 0.328 e. The molecule has 0 aliphatic heterocycles. The average molecular weight is 321 g/mol. The number of carboxylic acid groups (broad SMARTS) is 1. The molecule has 0 heterocycles. The minimum atomic E-state index is -3.53. The molecule has 118 valence electrons. The quantitative estimate of drug-likeness (QED) is 0.816. The number of nitrogens with one attached hydrogen (secondary N) is 1. The molecule has 6 heteroatoms. The molecule has 1 aromatic carbocycles. The van der Waals surface area contributed by atoms with Crippen molar-refractivity contribution in [2.45, 2.75) is 42.5 Å². The first kappa shape index (κ1) is 15.2. The summed E-state index contributed by atoms with van der Waals surface area (Å²) in [4.78, 5) is 10.7. The summed E-state index contributed by atoms with van der Waals surface area (Å²) in [6.45, 7) is 0. The molecule has 0 spiro atoms. The number of hydrogen-bond acceptors (Lipinski definition) is 3. The van der Waals surface area contributed by atoms with Crippen LogP contribution in [0.4, 0.5) is 0 Å². The maximum Gasteiger partial charge on any atom is 0.328 e. The van der Waals surface area contributed by atoms with Crippen molar-refractivity contribution in [3.8, 4) is 0 Å². The van der Waals surface area contributed by atoms with Crippen molar-refractivity contribution in [3.05, 3.63) is 35.9 Å². The van der Waals surface area contributed by atoms with Crippen molar-refractivity contribution in [3.63, 3.8) is 0 Å². The number of carboxylic acids is 1. The van der Waals surface area contributed by atoms with Gasteiger partial charge in [-0.25, -0.2) is 17.9 Å². The lowest BCUT2D eigenvalue weighted by Crippen LogP contribution is -2.44. The zero-order chi connectivity index (χ0) is 15.8. The van der Waals surface area contributed by atoms with Gasteiger partial charge in [-0.05, 0) is 61.8 Å². The largest absolute Gasteiger partial charge is 0.478 e. The molecule has 0 radical (unpaired) electrons. The van der Waals surface area contributed by atoms with Gasteiger partial charge in [-0.2, -0.15) is 0 Å². The molecular formula is C16H19NO4S. The van der Waals surface area contributed by atoms with Gasteiger partial charge in [-0.1, -0.05) is 12.1 Å². The van der Waals surface area contributed by atoms with Crippen LogP contribution in [0.5, 0.6) is 0 Å². The molecule has 1 aromatic rings. The minimum Gasteiger partial charge on any atom is -0.478 e. The van der Waals surface area contributed by atoms with E-state index in [1.807, 2.05) is 0 Å².